The standard InChI is InChI=1S/C18H21F2N3O.HI/c1-21-18(22-11-14-10-15(19)8-9-16(14)20)23-12-17(24-2)13-6-4-3-5-7-13;/h3-10,17H,11-12H2,1-2H3,(H2,21,22,23);1H. The Morgan fingerprint density at radius 3 is 2.48 bits per heavy atom. The number of nitrogens with one attached hydrogen (secondary N) is 2. The third kappa shape index (κ3) is 6.58. The van der Waals surface area contributed by atoms with Crippen molar-refractivity contribution in [2.45, 2.75) is 12.6 Å². The summed E-state index contributed by atoms with van der Waals surface area (Å²) >= 11 is 0. The fourth-order valence-corrected chi connectivity index (χ4v) is 2.27. The minimum absolute atomic E-state index is 0. The highest BCUT2D eigenvalue weighted by atomic mass is 127. The molecule has 2 aromatic rings. The summed E-state index contributed by atoms with van der Waals surface area (Å²) in [6.07, 6.45) is -0.143. The van der Waals surface area contributed by atoms with Crippen LogP contribution in [0.1, 0.15) is 17.2 Å². The molecule has 0 spiro atoms. The van der Waals surface area contributed by atoms with Gasteiger partial charge >= 0.3 is 0 Å². The highest BCUT2D eigenvalue weighted by Crippen LogP contribution is 2.14. The molecule has 0 aromatic heterocycles. The van der Waals surface area contributed by atoms with Gasteiger partial charge in [0.15, 0.2) is 5.96 Å². The van der Waals surface area contributed by atoms with Gasteiger partial charge in [0.05, 0.1) is 6.10 Å². The van der Waals surface area contributed by atoms with E-state index >= 15 is 0 Å². The number of hydrogen-bond acceptors (Lipinski definition) is 2. The Kier molecular flexibility index (Phi) is 9.36. The second kappa shape index (κ2) is 11.0. The Morgan fingerprint density at radius 2 is 1.84 bits per heavy atom. The molecular weight excluding hydrogens is 439 g/mol. The predicted octanol–water partition coefficient (Wildman–Crippen LogP) is 3.64. The van der Waals surface area contributed by atoms with E-state index in [1.807, 2.05) is 30.3 Å². The number of halogens is 3. The second-order valence-electron chi connectivity index (χ2n) is 5.18. The first-order valence-electron chi connectivity index (χ1n) is 7.60. The van der Waals surface area contributed by atoms with Crippen LogP contribution in [0, 0.1) is 11.6 Å². The lowest BCUT2D eigenvalue weighted by Gasteiger charge is -2.19. The molecule has 0 fully saturated rings. The topological polar surface area (TPSA) is 45.7 Å². The lowest BCUT2D eigenvalue weighted by molar-refractivity contribution is 0.106. The number of benzene rings is 2. The molecule has 136 valence electrons. The van der Waals surface area contributed by atoms with Gasteiger partial charge in [0.2, 0.25) is 0 Å². The molecular formula is C18H22F2IN3O. The van der Waals surface area contributed by atoms with Crippen LogP contribution >= 0.6 is 24.0 Å². The molecule has 0 heterocycles. The van der Waals surface area contributed by atoms with Gasteiger partial charge in [-0.25, -0.2) is 8.78 Å². The summed E-state index contributed by atoms with van der Waals surface area (Å²) in [4.78, 5) is 4.08. The molecule has 0 aliphatic carbocycles. The maximum atomic E-state index is 13.6. The van der Waals surface area contributed by atoms with Crippen molar-refractivity contribution in [1.29, 1.82) is 0 Å². The van der Waals surface area contributed by atoms with Gasteiger partial charge in [-0.2, -0.15) is 0 Å². The molecule has 0 bridgehead atoms. The van der Waals surface area contributed by atoms with E-state index in [9.17, 15) is 8.78 Å². The van der Waals surface area contributed by atoms with Gasteiger partial charge < -0.3 is 15.4 Å². The van der Waals surface area contributed by atoms with E-state index < -0.39 is 11.6 Å². The Balaban J connectivity index is 0.00000312. The van der Waals surface area contributed by atoms with Crippen molar-refractivity contribution in [2.75, 3.05) is 20.7 Å². The first-order valence-corrected chi connectivity index (χ1v) is 7.60. The monoisotopic (exact) mass is 461 g/mol. The Labute approximate surface area is 163 Å². The van der Waals surface area contributed by atoms with Crippen molar-refractivity contribution in [3.05, 3.63) is 71.3 Å². The minimum Gasteiger partial charge on any atom is -0.375 e. The van der Waals surface area contributed by atoms with Crippen LogP contribution in [0.5, 0.6) is 0 Å². The van der Waals surface area contributed by atoms with Crippen LogP contribution < -0.4 is 10.6 Å². The van der Waals surface area contributed by atoms with Crippen LogP contribution in [0.2, 0.25) is 0 Å². The van der Waals surface area contributed by atoms with Crippen LogP contribution in [0.15, 0.2) is 53.5 Å². The van der Waals surface area contributed by atoms with E-state index in [1.54, 1.807) is 14.2 Å². The van der Waals surface area contributed by atoms with Crippen LogP contribution in [-0.2, 0) is 11.3 Å². The van der Waals surface area contributed by atoms with Gasteiger partial charge in [-0.1, -0.05) is 30.3 Å². The third-order valence-corrected chi connectivity index (χ3v) is 3.59. The normalized spacial score (nSPS) is 12.2. The highest BCUT2D eigenvalue weighted by molar-refractivity contribution is 14.0. The minimum atomic E-state index is -0.473. The van der Waals surface area contributed by atoms with Gasteiger partial charge in [-0.15, -0.1) is 24.0 Å². The van der Waals surface area contributed by atoms with Gasteiger partial charge in [-0.05, 0) is 23.8 Å². The summed E-state index contributed by atoms with van der Waals surface area (Å²) in [5, 5.41) is 6.08. The molecule has 25 heavy (non-hydrogen) atoms. The molecule has 1 unspecified atom stereocenters. The smallest absolute Gasteiger partial charge is 0.191 e. The molecule has 0 aliphatic rings. The Morgan fingerprint density at radius 1 is 1.12 bits per heavy atom. The van der Waals surface area contributed by atoms with E-state index in [0.29, 0.717) is 12.5 Å². The van der Waals surface area contributed by atoms with Crippen LogP contribution in [0.25, 0.3) is 0 Å². The summed E-state index contributed by atoms with van der Waals surface area (Å²) in [7, 11) is 3.25. The van der Waals surface area contributed by atoms with Crippen molar-refractivity contribution in [3.8, 4) is 0 Å². The molecule has 2 rings (SSSR count). The third-order valence-electron chi connectivity index (χ3n) is 3.59. The molecule has 0 saturated heterocycles. The summed E-state index contributed by atoms with van der Waals surface area (Å²) < 4.78 is 32.3. The second-order valence-corrected chi connectivity index (χ2v) is 5.18. The molecule has 0 radical (unpaired) electrons. The maximum absolute atomic E-state index is 13.6. The Hall–Kier alpha value is -1.74. The molecule has 0 saturated carbocycles. The number of hydrogen-bond donors (Lipinski definition) is 2. The number of ether oxygens (including phenoxy) is 1. The zero-order valence-electron chi connectivity index (χ0n) is 14.1. The van der Waals surface area contributed by atoms with E-state index in [1.165, 1.54) is 0 Å². The van der Waals surface area contributed by atoms with Crippen molar-refractivity contribution in [2.24, 2.45) is 4.99 Å². The summed E-state index contributed by atoms with van der Waals surface area (Å²) in [5.41, 5.74) is 1.28. The van der Waals surface area contributed by atoms with Crippen LogP contribution in [-0.4, -0.2) is 26.7 Å². The van der Waals surface area contributed by atoms with Crippen molar-refractivity contribution in [1.82, 2.24) is 10.6 Å². The van der Waals surface area contributed by atoms with Gasteiger partial charge in [-0.3, -0.25) is 4.99 Å². The maximum Gasteiger partial charge on any atom is 0.191 e. The zero-order chi connectivity index (χ0) is 17.4. The van der Waals surface area contributed by atoms with Crippen LogP contribution in [0.3, 0.4) is 0 Å². The number of nitrogens with zero attached hydrogens (tertiary/aromatic N) is 1. The summed E-state index contributed by atoms with van der Waals surface area (Å²) in [6, 6.07) is 13.2. The SMILES string of the molecule is CN=C(NCc1cc(F)ccc1F)NCC(OC)c1ccccc1.I. The number of methoxy groups -OCH3 is 1. The summed E-state index contributed by atoms with van der Waals surface area (Å²) in [5.74, 6) is -0.449. The lowest BCUT2D eigenvalue weighted by Crippen LogP contribution is -2.39. The molecule has 2 N–H and O–H groups in total. The van der Waals surface area contributed by atoms with E-state index in [0.717, 1.165) is 23.8 Å². The van der Waals surface area contributed by atoms with E-state index in [2.05, 4.69) is 15.6 Å². The quantitative estimate of drug-likeness (QED) is 0.393. The molecule has 7 heteroatoms. The molecule has 4 nitrogen and oxygen atoms in total. The van der Waals surface area contributed by atoms with Gasteiger partial charge in [0, 0.05) is 32.8 Å². The van der Waals surface area contributed by atoms with Crippen molar-refractivity contribution < 1.29 is 13.5 Å². The number of aliphatic imine (C=N–C) groups is 1. The fourth-order valence-electron chi connectivity index (χ4n) is 2.27. The van der Waals surface area contributed by atoms with E-state index in [4.69, 9.17) is 4.74 Å². The number of guanidine groups is 1. The summed E-state index contributed by atoms with van der Waals surface area (Å²) in [6.45, 7) is 0.623. The lowest BCUT2D eigenvalue weighted by atomic mass is 10.1. The molecule has 0 aliphatic heterocycles. The first kappa shape index (κ1) is 21.3. The van der Waals surface area contributed by atoms with Crippen molar-refractivity contribution in [3.63, 3.8) is 0 Å². The Bertz CT molecular complexity index is 683. The molecule has 0 amide bonds. The fraction of sp³-hybridized carbons (Fsp3) is 0.278. The van der Waals surface area contributed by atoms with Crippen LogP contribution in [0.4, 0.5) is 8.78 Å². The average Bonchev–Trinajstić information content (AvgIpc) is 2.61. The zero-order valence-corrected chi connectivity index (χ0v) is 16.5. The first-order chi connectivity index (χ1) is 11.6. The van der Waals surface area contributed by atoms with E-state index in [-0.39, 0.29) is 42.2 Å². The van der Waals surface area contributed by atoms with Gasteiger partial charge in [0.25, 0.3) is 0 Å². The van der Waals surface area contributed by atoms with Crippen molar-refractivity contribution >= 4 is 29.9 Å². The molecule has 2 aromatic carbocycles. The number of rotatable bonds is 6. The van der Waals surface area contributed by atoms with Gasteiger partial charge in [0.1, 0.15) is 11.6 Å². The molecule has 1 atom stereocenters. The average molecular weight is 461 g/mol. The largest absolute Gasteiger partial charge is 0.375 e. The highest BCUT2D eigenvalue weighted by Gasteiger charge is 2.11. The predicted molar refractivity (Wildman–Crippen MR) is 106 cm³/mol.